The van der Waals surface area contributed by atoms with Crippen LogP contribution in [0.5, 0.6) is 5.75 Å². The number of nitrogens with zero attached hydrogens (tertiary/aromatic N) is 1. The lowest BCUT2D eigenvalue weighted by molar-refractivity contribution is -0.121. The Bertz CT molecular complexity index is 633. The quantitative estimate of drug-likeness (QED) is 0.683. The zero-order chi connectivity index (χ0) is 19.1. The molecule has 1 unspecified atom stereocenters. The fourth-order valence-corrected chi connectivity index (χ4v) is 2.72. The summed E-state index contributed by atoms with van der Waals surface area (Å²) >= 11 is 0. The van der Waals surface area contributed by atoms with Crippen molar-refractivity contribution in [2.24, 2.45) is 5.92 Å². The van der Waals surface area contributed by atoms with E-state index in [1.54, 1.807) is 25.3 Å². The topological polar surface area (TPSA) is 79.9 Å². The van der Waals surface area contributed by atoms with E-state index in [2.05, 4.69) is 24.5 Å². The second-order valence-electron chi connectivity index (χ2n) is 6.91. The molecule has 0 radical (unpaired) electrons. The van der Waals surface area contributed by atoms with Gasteiger partial charge in [-0.05, 0) is 24.1 Å². The molecule has 144 valence electrons. The van der Waals surface area contributed by atoms with Crippen LogP contribution < -0.4 is 20.3 Å². The molecular weight excluding hydrogens is 334 g/mol. The molecule has 0 aliphatic carbocycles. The van der Waals surface area contributed by atoms with E-state index < -0.39 is 0 Å². The summed E-state index contributed by atoms with van der Waals surface area (Å²) in [5.41, 5.74) is 1.37. The molecular formula is C19H29N3O4. The van der Waals surface area contributed by atoms with Crippen molar-refractivity contribution in [2.75, 3.05) is 45.4 Å². The molecule has 0 fully saturated rings. The fourth-order valence-electron chi connectivity index (χ4n) is 2.72. The van der Waals surface area contributed by atoms with Crippen LogP contribution in [0, 0.1) is 5.92 Å². The van der Waals surface area contributed by atoms with Crippen molar-refractivity contribution in [1.29, 1.82) is 0 Å². The highest BCUT2D eigenvalue weighted by Crippen LogP contribution is 2.34. The average molecular weight is 363 g/mol. The monoisotopic (exact) mass is 363 g/mol. The van der Waals surface area contributed by atoms with Gasteiger partial charge < -0.3 is 25.0 Å². The van der Waals surface area contributed by atoms with Gasteiger partial charge in [0.2, 0.25) is 5.91 Å². The van der Waals surface area contributed by atoms with Crippen LogP contribution in [0.3, 0.4) is 0 Å². The molecule has 1 atom stereocenters. The van der Waals surface area contributed by atoms with Gasteiger partial charge in [0, 0.05) is 32.8 Å². The SMILES string of the molecule is COCCNC(=O)c1ccc2c(c1)N(C)C(CC(=O)NCC(C)C)CO2. The second kappa shape index (κ2) is 9.43. The van der Waals surface area contributed by atoms with Gasteiger partial charge in [0.25, 0.3) is 5.91 Å². The number of carbonyl (C=O) groups excluding carboxylic acids is 2. The van der Waals surface area contributed by atoms with E-state index in [1.165, 1.54) is 0 Å². The number of nitrogens with one attached hydrogen (secondary N) is 2. The minimum absolute atomic E-state index is 0.0102. The molecule has 7 nitrogen and oxygen atoms in total. The van der Waals surface area contributed by atoms with E-state index in [-0.39, 0.29) is 17.9 Å². The predicted octanol–water partition coefficient (Wildman–Crippen LogP) is 1.42. The molecule has 1 aromatic rings. The minimum atomic E-state index is -0.157. The van der Waals surface area contributed by atoms with Crippen molar-refractivity contribution in [3.8, 4) is 5.75 Å². The first kappa shape index (κ1) is 20.0. The van der Waals surface area contributed by atoms with Crippen LogP contribution in [0.4, 0.5) is 5.69 Å². The molecule has 1 aliphatic rings. The largest absolute Gasteiger partial charge is 0.489 e. The summed E-state index contributed by atoms with van der Waals surface area (Å²) in [6.45, 7) is 6.15. The summed E-state index contributed by atoms with van der Waals surface area (Å²) in [4.78, 5) is 26.4. The summed E-state index contributed by atoms with van der Waals surface area (Å²) in [7, 11) is 3.52. The zero-order valence-corrected chi connectivity index (χ0v) is 16.0. The highest BCUT2D eigenvalue weighted by Gasteiger charge is 2.27. The highest BCUT2D eigenvalue weighted by molar-refractivity contribution is 5.95. The van der Waals surface area contributed by atoms with Crippen molar-refractivity contribution in [3.05, 3.63) is 23.8 Å². The van der Waals surface area contributed by atoms with Crippen molar-refractivity contribution < 1.29 is 19.1 Å². The number of anilines is 1. The number of benzene rings is 1. The Hall–Kier alpha value is -2.28. The molecule has 1 heterocycles. The molecule has 0 saturated heterocycles. The number of likely N-dealkylation sites (N-methyl/N-ethyl adjacent to an activating group) is 1. The molecule has 1 aromatic carbocycles. The first-order valence-corrected chi connectivity index (χ1v) is 8.96. The number of hydrogen-bond acceptors (Lipinski definition) is 5. The Morgan fingerprint density at radius 2 is 2.12 bits per heavy atom. The van der Waals surface area contributed by atoms with Crippen LogP contribution in [0.2, 0.25) is 0 Å². The van der Waals surface area contributed by atoms with E-state index in [4.69, 9.17) is 9.47 Å². The molecule has 1 aliphatic heterocycles. The van der Waals surface area contributed by atoms with Crippen molar-refractivity contribution in [1.82, 2.24) is 10.6 Å². The molecule has 0 saturated carbocycles. The Morgan fingerprint density at radius 1 is 1.35 bits per heavy atom. The van der Waals surface area contributed by atoms with Gasteiger partial charge in [-0.2, -0.15) is 0 Å². The number of carbonyl (C=O) groups is 2. The average Bonchev–Trinajstić information content (AvgIpc) is 2.62. The number of methoxy groups -OCH3 is 1. The number of ether oxygens (including phenoxy) is 2. The Balaban J connectivity index is 2.03. The number of hydrogen-bond donors (Lipinski definition) is 2. The molecule has 0 bridgehead atoms. The van der Waals surface area contributed by atoms with Gasteiger partial charge in [0.05, 0.1) is 24.8 Å². The van der Waals surface area contributed by atoms with Gasteiger partial charge in [0.1, 0.15) is 12.4 Å². The Labute approximate surface area is 155 Å². The van der Waals surface area contributed by atoms with Gasteiger partial charge >= 0.3 is 0 Å². The first-order chi connectivity index (χ1) is 12.4. The minimum Gasteiger partial charge on any atom is -0.489 e. The Kier molecular flexibility index (Phi) is 7.26. The summed E-state index contributed by atoms with van der Waals surface area (Å²) in [6.07, 6.45) is 0.354. The lowest BCUT2D eigenvalue weighted by Gasteiger charge is -2.35. The van der Waals surface area contributed by atoms with Gasteiger partial charge in [0.15, 0.2) is 0 Å². The van der Waals surface area contributed by atoms with Gasteiger partial charge in [-0.15, -0.1) is 0 Å². The van der Waals surface area contributed by atoms with Gasteiger partial charge in [-0.3, -0.25) is 9.59 Å². The molecule has 2 N–H and O–H groups in total. The summed E-state index contributed by atoms with van der Waals surface area (Å²) in [5.74, 6) is 0.991. The predicted molar refractivity (Wildman–Crippen MR) is 101 cm³/mol. The molecule has 0 spiro atoms. The third kappa shape index (κ3) is 5.36. The molecule has 0 aromatic heterocycles. The summed E-state index contributed by atoms with van der Waals surface area (Å²) < 4.78 is 10.7. The fraction of sp³-hybridized carbons (Fsp3) is 0.579. The summed E-state index contributed by atoms with van der Waals surface area (Å²) in [5, 5.41) is 5.74. The van der Waals surface area contributed by atoms with Crippen LogP contribution in [-0.2, 0) is 9.53 Å². The molecule has 2 rings (SSSR count). The normalized spacial score (nSPS) is 16.0. The van der Waals surface area contributed by atoms with Crippen molar-refractivity contribution in [3.63, 3.8) is 0 Å². The standard InChI is InChI=1S/C19H29N3O4/c1-13(2)11-21-18(23)10-15-12-26-17-6-5-14(9-16(17)22(15)3)19(24)20-7-8-25-4/h5-6,9,13,15H,7-8,10-12H2,1-4H3,(H,20,24)(H,21,23). The van der Waals surface area contributed by atoms with Crippen LogP contribution in [0.25, 0.3) is 0 Å². The second-order valence-corrected chi connectivity index (χ2v) is 6.91. The molecule has 26 heavy (non-hydrogen) atoms. The van der Waals surface area contributed by atoms with Crippen molar-refractivity contribution in [2.45, 2.75) is 26.3 Å². The van der Waals surface area contributed by atoms with Crippen LogP contribution in [0.1, 0.15) is 30.6 Å². The molecule has 2 amide bonds. The maximum absolute atomic E-state index is 12.2. The van der Waals surface area contributed by atoms with Crippen LogP contribution >= 0.6 is 0 Å². The number of fused-ring (bicyclic) bond motifs is 1. The maximum atomic E-state index is 12.2. The first-order valence-electron chi connectivity index (χ1n) is 8.96. The highest BCUT2D eigenvalue weighted by atomic mass is 16.5. The zero-order valence-electron chi connectivity index (χ0n) is 16.0. The smallest absolute Gasteiger partial charge is 0.251 e. The van der Waals surface area contributed by atoms with E-state index in [0.717, 1.165) is 11.4 Å². The van der Waals surface area contributed by atoms with E-state index in [9.17, 15) is 9.59 Å². The van der Waals surface area contributed by atoms with Gasteiger partial charge in [-0.25, -0.2) is 0 Å². The maximum Gasteiger partial charge on any atom is 0.251 e. The van der Waals surface area contributed by atoms with Crippen molar-refractivity contribution >= 4 is 17.5 Å². The third-order valence-corrected chi connectivity index (χ3v) is 4.30. The van der Waals surface area contributed by atoms with E-state index in [0.29, 0.717) is 44.2 Å². The lowest BCUT2D eigenvalue weighted by Crippen LogP contribution is -2.44. The third-order valence-electron chi connectivity index (χ3n) is 4.30. The molecule has 7 heteroatoms. The van der Waals surface area contributed by atoms with Crippen LogP contribution in [-0.4, -0.2) is 58.3 Å². The van der Waals surface area contributed by atoms with E-state index >= 15 is 0 Å². The van der Waals surface area contributed by atoms with Gasteiger partial charge in [-0.1, -0.05) is 13.8 Å². The Morgan fingerprint density at radius 3 is 2.81 bits per heavy atom. The lowest BCUT2D eigenvalue weighted by atomic mass is 10.1. The van der Waals surface area contributed by atoms with E-state index in [1.807, 2.05) is 11.9 Å². The number of rotatable bonds is 8. The summed E-state index contributed by atoms with van der Waals surface area (Å²) in [6, 6.07) is 5.27. The number of amides is 2. The van der Waals surface area contributed by atoms with Crippen LogP contribution in [0.15, 0.2) is 18.2 Å².